The smallest absolute Gasteiger partial charge is 0.189 e. The van der Waals surface area contributed by atoms with Gasteiger partial charge in [-0.25, -0.2) is 4.99 Å². The Morgan fingerprint density at radius 2 is 1.72 bits per heavy atom. The zero-order valence-electron chi connectivity index (χ0n) is 45.3. The average Bonchev–Trinajstić information content (AvgIpc) is 4.01. The van der Waals surface area contributed by atoms with Gasteiger partial charge in [0, 0.05) is 60.9 Å². The van der Waals surface area contributed by atoms with Gasteiger partial charge in [-0.15, -0.1) is 0 Å². The molecule has 8 bridgehead atoms. The van der Waals surface area contributed by atoms with E-state index < -0.39 is 22.9 Å². The number of allylic oxidation sites excluding steroid dienone is 2. The zero-order valence-corrected chi connectivity index (χ0v) is 45.3. The summed E-state index contributed by atoms with van der Waals surface area (Å²) < 4.78 is 13.3. The van der Waals surface area contributed by atoms with Crippen LogP contribution in [0, 0.1) is 52.8 Å². The van der Waals surface area contributed by atoms with Crippen LogP contribution in [0.25, 0.3) is 0 Å². The molecule has 0 radical (unpaired) electrons. The number of hydrogen-bond acceptors (Lipinski definition) is 11. The van der Waals surface area contributed by atoms with Gasteiger partial charge in [0.15, 0.2) is 23.2 Å². The van der Waals surface area contributed by atoms with Gasteiger partial charge >= 0.3 is 0 Å². The highest BCUT2D eigenvalue weighted by Crippen LogP contribution is 2.63. The molecule has 8 aliphatic rings. The SMILES string of the molecule is CCC1C(CO)=C2C(=O)CC(c3cc(OC4CCCC4)c(O)c4c3C#CCC3CC5(CO)C=C6C(CC(C)CC6C4C5COC)c4cc(O)cc(c4)Cc4cccc(c4)C4(CCCCC4)NC(N)=N3)CCC2CC1CO. The van der Waals surface area contributed by atoms with E-state index in [2.05, 4.69) is 67.4 Å². The first-order valence-electron chi connectivity index (χ1n) is 29.3. The summed E-state index contributed by atoms with van der Waals surface area (Å²) in [7, 11) is 1.73. The fourth-order valence-corrected chi connectivity index (χ4v) is 16.8. The number of aromatic hydroxyl groups is 2. The lowest BCUT2D eigenvalue weighted by atomic mass is 9.51. The Bertz CT molecular complexity index is 2830. The van der Waals surface area contributed by atoms with Gasteiger partial charge in [-0.2, -0.15) is 0 Å². The van der Waals surface area contributed by atoms with E-state index in [1.165, 1.54) is 11.1 Å². The number of aliphatic hydroxyl groups excluding tert-OH is 3. The number of carbonyl (C=O) groups is 1. The molecular formula is C65H83N3O8. The summed E-state index contributed by atoms with van der Waals surface area (Å²) in [4.78, 5) is 20.5. The summed E-state index contributed by atoms with van der Waals surface area (Å²) >= 11 is 0. The fraction of sp³-hybridized carbons (Fsp3) is 0.600. The minimum Gasteiger partial charge on any atom is -0.508 e. The summed E-state index contributed by atoms with van der Waals surface area (Å²) in [6, 6.07) is 16.5. The number of nitrogens with one attached hydrogen (secondary N) is 1. The summed E-state index contributed by atoms with van der Waals surface area (Å²) in [6.07, 6.45) is 17.3. The van der Waals surface area contributed by atoms with E-state index in [0.717, 1.165) is 110 Å². The molecule has 3 aromatic carbocycles. The van der Waals surface area contributed by atoms with Gasteiger partial charge in [-0.1, -0.05) is 86.9 Å². The third-order valence-electron chi connectivity index (χ3n) is 20.2. The van der Waals surface area contributed by atoms with Crippen LogP contribution in [0.3, 0.4) is 0 Å². The number of fused-ring (bicyclic) bond motifs is 12. The molecule has 406 valence electrons. The second-order valence-corrected chi connectivity index (χ2v) is 24.8. The van der Waals surface area contributed by atoms with Gasteiger partial charge in [0.05, 0.1) is 37.5 Å². The molecule has 8 N–H and O–H groups in total. The lowest BCUT2D eigenvalue weighted by Crippen LogP contribution is -2.51. The van der Waals surface area contributed by atoms with Crippen LogP contribution in [0.1, 0.15) is 186 Å². The molecule has 0 aromatic heterocycles. The largest absolute Gasteiger partial charge is 0.508 e. The number of ketones is 1. The number of benzene rings is 3. The normalized spacial score (nSPS) is 32.2. The fourth-order valence-electron chi connectivity index (χ4n) is 16.8. The number of aliphatic hydroxyl groups is 3. The van der Waals surface area contributed by atoms with Crippen molar-refractivity contribution < 1.29 is 39.8 Å². The summed E-state index contributed by atoms with van der Waals surface area (Å²) in [5.41, 5.74) is 15.3. The molecule has 11 rings (SSSR count). The van der Waals surface area contributed by atoms with E-state index in [9.17, 15) is 25.5 Å². The number of guanidine groups is 1. The summed E-state index contributed by atoms with van der Waals surface area (Å²) in [6.45, 7) is 4.27. The van der Waals surface area contributed by atoms with Crippen LogP contribution in [0.4, 0.5) is 0 Å². The van der Waals surface area contributed by atoms with Gasteiger partial charge in [-0.3, -0.25) is 4.79 Å². The lowest BCUT2D eigenvalue weighted by molar-refractivity contribution is -0.116. The van der Waals surface area contributed by atoms with E-state index in [-0.39, 0.29) is 104 Å². The van der Waals surface area contributed by atoms with Crippen molar-refractivity contribution in [2.24, 2.45) is 51.6 Å². The minimum absolute atomic E-state index is 0.0106. The second-order valence-electron chi connectivity index (χ2n) is 24.8. The molecule has 7 aliphatic carbocycles. The van der Waals surface area contributed by atoms with E-state index in [1.54, 1.807) is 7.11 Å². The predicted molar refractivity (Wildman–Crippen MR) is 296 cm³/mol. The molecule has 4 saturated carbocycles. The van der Waals surface area contributed by atoms with Gasteiger partial charge in [0.25, 0.3) is 0 Å². The van der Waals surface area contributed by atoms with E-state index in [4.69, 9.17) is 20.2 Å². The molecule has 1 spiro atoms. The van der Waals surface area contributed by atoms with Crippen molar-refractivity contribution in [2.75, 3.05) is 33.5 Å². The number of nitrogens with two attached hydrogens (primary N) is 1. The van der Waals surface area contributed by atoms with Gasteiger partial charge < -0.3 is 46.1 Å². The monoisotopic (exact) mass is 1030 g/mol. The third-order valence-corrected chi connectivity index (χ3v) is 20.2. The Morgan fingerprint density at radius 3 is 2.47 bits per heavy atom. The van der Waals surface area contributed by atoms with Crippen molar-refractivity contribution >= 4 is 11.7 Å². The number of Topliss-reactive ketones (excluding diaryl/α,β-unsaturated/α-hetero) is 1. The topological polar surface area (TPSA) is 187 Å². The van der Waals surface area contributed by atoms with Crippen molar-refractivity contribution in [3.05, 3.63) is 110 Å². The van der Waals surface area contributed by atoms with Crippen molar-refractivity contribution in [1.82, 2.24) is 5.32 Å². The van der Waals surface area contributed by atoms with Crippen LogP contribution in [0.15, 0.2) is 76.3 Å². The number of rotatable bonds is 9. The summed E-state index contributed by atoms with van der Waals surface area (Å²) in [5, 5.41) is 62.9. The highest BCUT2D eigenvalue weighted by atomic mass is 16.5. The first-order chi connectivity index (χ1) is 36.9. The molecule has 3 aromatic rings. The molecule has 1 aliphatic heterocycles. The van der Waals surface area contributed by atoms with Gasteiger partial charge in [0.2, 0.25) is 0 Å². The highest BCUT2D eigenvalue weighted by molar-refractivity contribution is 5.98. The summed E-state index contributed by atoms with van der Waals surface area (Å²) in [5.74, 6) is 7.28. The number of nitrogens with zero attached hydrogens (tertiary/aromatic N) is 1. The standard InChI is InChI=1S/C65H83N3O8/c1-4-49-44(34-69)28-42-19-18-41(30-57(73)59(42)55(49)35-70)52-31-58(76-48-15-6-7-16-48)62(74)61-50(52)17-11-14-46-32-64(37-71)33-54-51(22-38(2)23-53(54)60(61)56(64)36-75-3)43-25-40(27-47(72)29-43)24-39-12-10-13-45(26-39)65(68-63(66)67-46)20-8-5-9-21-65/h10,12-13,25-27,29,31,33,38,41-42,44,46,48-49,51,53,56,60,69-72,74H,4-9,14-16,18-24,28,30,32,34-37H2,1-3H3,(H3,66,67,68). The Kier molecular flexibility index (Phi) is 15.3. The zero-order chi connectivity index (χ0) is 52.9. The predicted octanol–water partition coefficient (Wildman–Crippen LogP) is 10.5. The Morgan fingerprint density at radius 1 is 0.921 bits per heavy atom. The number of hydrogen-bond donors (Lipinski definition) is 7. The molecule has 11 unspecified atom stereocenters. The maximum Gasteiger partial charge on any atom is 0.189 e. The van der Waals surface area contributed by atoms with Crippen molar-refractivity contribution in [1.29, 1.82) is 0 Å². The van der Waals surface area contributed by atoms with Gasteiger partial charge in [-0.05, 0) is 183 Å². The van der Waals surface area contributed by atoms with Crippen LogP contribution >= 0.6 is 0 Å². The van der Waals surface area contributed by atoms with Crippen LogP contribution in [-0.4, -0.2) is 83.0 Å². The van der Waals surface area contributed by atoms with E-state index in [1.807, 2.05) is 18.2 Å². The maximum atomic E-state index is 15.1. The number of ether oxygens (including phenoxy) is 2. The maximum absolute atomic E-state index is 15.1. The lowest BCUT2D eigenvalue weighted by Gasteiger charge is -2.54. The molecule has 0 amide bonds. The first kappa shape index (κ1) is 52.9. The van der Waals surface area contributed by atoms with Crippen LogP contribution < -0.4 is 15.8 Å². The molecule has 1 heterocycles. The quantitative estimate of drug-likeness (QED) is 0.0803. The third kappa shape index (κ3) is 9.81. The Hall–Kier alpha value is -5.12. The first-order valence-corrected chi connectivity index (χ1v) is 29.3. The van der Waals surface area contributed by atoms with E-state index in [0.29, 0.717) is 61.4 Å². The number of phenols is 2. The number of aliphatic imine (C=N–C) groups is 1. The van der Waals surface area contributed by atoms with Crippen LogP contribution in [0.5, 0.6) is 17.2 Å². The highest BCUT2D eigenvalue weighted by Gasteiger charge is 2.55. The second kappa shape index (κ2) is 22.0. The Labute approximate surface area is 450 Å². The molecule has 11 atom stereocenters. The van der Waals surface area contributed by atoms with Gasteiger partial charge in [0.1, 0.15) is 5.75 Å². The molecule has 11 heteroatoms. The van der Waals surface area contributed by atoms with Crippen molar-refractivity contribution in [2.45, 2.75) is 171 Å². The number of methoxy groups -OCH3 is 1. The number of carbonyl (C=O) groups excluding carboxylic acids is 1. The molecular weight excluding hydrogens is 951 g/mol. The Balaban J connectivity index is 1.16. The molecule has 0 saturated heterocycles. The molecule has 4 fully saturated rings. The minimum atomic E-state index is -0.923. The molecule has 76 heavy (non-hydrogen) atoms. The number of phenolic OH excluding ortho intramolecular Hbond substituents is 2. The van der Waals surface area contributed by atoms with Crippen molar-refractivity contribution in [3.8, 4) is 29.1 Å². The van der Waals surface area contributed by atoms with Crippen LogP contribution in [-0.2, 0) is 21.5 Å². The molecule has 11 nitrogen and oxygen atoms in total. The van der Waals surface area contributed by atoms with Crippen molar-refractivity contribution in [3.63, 3.8) is 0 Å². The van der Waals surface area contributed by atoms with Crippen LogP contribution in [0.2, 0.25) is 0 Å². The average molecular weight is 1030 g/mol. The van der Waals surface area contributed by atoms with E-state index >= 15 is 4.79 Å².